The van der Waals surface area contributed by atoms with E-state index in [1.54, 1.807) is 36.4 Å². The van der Waals surface area contributed by atoms with Crippen LogP contribution in [0.15, 0.2) is 53.9 Å². The fourth-order valence-corrected chi connectivity index (χ4v) is 3.25. The number of anilines is 1. The highest BCUT2D eigenvalue weighted by atomic mass is 32.1. The Labute approximate surface area is 152 Å². The molecule has 0 radical (unpaired) electrons. The molecule has 1 N–H and O–H groups in total. The number of halogens is 1. The molecule has 2 heterocycles. The summed E-state index contributed by atoms with van der Waals surface area (Å²) in [5.41, 5.74) is 1.29. The van der Waals surface area contributed by atoms with Crippen molar-refractivity contribution in [3.05, 3.63) is 70.2 Å². The minimum Gasteiger partial charge on any atom is -0.489 e. The van der Waals surface area contributed by atoms with E-state index in [0.29, 0.717) is 34.4 Å². The Balaban J connectivity index is 1.37. The van der Waals surface area contributed by atoms with Gasteiger partial charge in [-0.15, -0.1) is 11.3 Å². The molecule has 2 aromatic carbocycles. The first-order valence-corrected chi connectivity index (χ1v) is 8.72. The minimum atomic E-state index is -0.396. The summed E-state index contributed by atoms with van der Waals surface area (Å²) < 4.78 is 29.5. The third kappa shape index (κ3) is 3.62. The first-order chi connectivity index (χ1) is 12.7. The third-order valence-electron chi connectivity index (χ3n) is 3.71. The molecule has 1 aliphatic rings. The van der Waals surface area contributed by atoms with Gasteiger partial charge in [-0.2, -0.15) is 0 Å². The van der Waals surface area contributed by atoms with Gasteiger partial charge >= 0.3 is 0 Å². The van der Waals surface area contributed by atoms with Crippen LogP contribution in [0.4, 0.5) is 10.1 Å². The molecular formula is C19H14FNO4S. The molecule has 0 unspecified atom stereocenters. The lowest BCUT2D eigenvalue weighted by Crippen LogP contribution is -2.10. The molecule has 5 nitrogen and oxygen atoms in total. The molecule has 0 atom stereocenters. The van der Waals surface area contributed by atoms with E-state index in [9.17, 15) is 9.18 Å². The van der Waals surface area contributed by atoms with E-state index in [0.717, 1.165) is 5.56 Å². The van der Waals surface area contributed by atoms with Gasteiger partial charge in [0.1, 0.15) is 18.2 Å². The first-order valence-electron chi connectivity index (χ1n) is 7.84. The summed E-state index contributed by atoms with van der Waals surface area (Å²) in [5, 5.41) is 4.53. The van der Waals surface area contributed by atoms with E-state index >= 15 is 0 Å². The highest BCUT2D eigenvalue weighted by molar-refractivity contribution is 7.12. The Morgan fingerprint density at radius 3 is 2.92 bits per heavy atom. The molecule has 0 bridgehead atoms. The van der Waals surface area contributed by atoms with Crippen molar-refractivity contribution in [2.75, 3.05) is 12.1 Å². The number of carbonyl (C=O) groups is 1. The Bertz CT molecular complexity index is 956. The second kappa shape index (κ2) is 7.05. The number of fused-ring (bicyclic) bond motifs is 1. The molecule has 0 spiro atoms. The molecule has 1 amide bonds. The van der Waals surface area contributed by atoms with Gasteiger partial charge in [-0.3, -0.25) is 4.79 Å². The number of nitrogens with one attached hydrogen (secondary N) is 1. The van der Waals surface area contributed by atoms with Gasteiger partial charge in [0.25, 0.3) is 5.91 Å². The van der Waals surface area contributed by atoms with Gasteiger partial charge in [-0.05, 0) is 41.8 Å². The number of amides is 1. The quantitative estimate of drug-likeness (QED) is 0.720. The van der Waals surface area contributed by atoms with Crippen LogP contribution >= 0.6 is 11.3 Å². The van der Waals surface area contributed by atoms with Crippen molar-refractivity contribution < 1.29 is 23.4 Å². The third-order valence-corrected chi connectivity index (χ3v) is 4.69. The van der Waals surface area contributed by atoms with Crippen LogP contribution in [0.5, 0.6) is 17.2 Å². The average molecular weight is 371 g/mol. The van der Waals surface area contributed by atoms with E-state index in [2.05, 4.69) is 5.32 Å². The van der Waals surface area contributed by atoms with Crippen molar-refractivity contribution >= 4 is 22.9 Å². The van der Waals surface area contributed by atoms with Crippen molar-refractivity contribution in [3.63, 3.8) is 0 Å². The zero-order valence-corrected chi connectivity index (χ0v) is 14.3. The number of hydrogen-bond acceptors (Lipinski definition) is 5. The molecule has 1 aromatic heterocycles. The summed E-state index contributed by atoms with van der Waals surface area (Å²) >= 11 is 1.31. The summed E-state index contributed by atoms with van der Waals surface area (Å²) in [6.07, 6.45) is 0. The molecule has 7 heteroatoms. The lowest BCUT2D eigenvalue weighted by molar-refractivity contribution is 0.103. The molecule has 1 aliphatic heterocycles. The Hall–Kier alpha value is -3.06. The average Bonchev–Trinajstić information content (AvgIpc) is 3.29. The molecular weight excluding hydrogens is 357 g/mol. The number of hydrogen-bond donors (Lipinski definition) is 1. The van der Waals surface area contributed by atoms with Crippen LogP contribution in [0.1, 0.15) is 15.2 Å². The fraction of sp³-hybridized carbons (Fsp3) is 0.105. The molecule has 0 saturated heterocycles. The van der Waals surface area contributed by atoms with E-state index < -0.39 is 5.82 Å². The van der Waals surface area contributed by atoms with Gasteiger partial charge in [-0.1, -0.05) is 6.07 Å². The SMILES string of the molecule is O=C(Nc1cccc(F)c1)c1cc(COc2ccc3c(c2)OCO3)cs1. The van der Waals surface area contributed by atoms with Crippen molar-refractivity contribution in [3.8, 4) is 17.2 Å². The molecule has 0 saturated carbocycles. The van der Waals surface area contributed by atoms with E-state index in [1.165, 1.54) is 23.5 Å². The second-order valence-corrected chi connectivity index (χ2v) is 6.50. The Kier molecular flexibility index (Phi) is 4.45. The summed E-state index contributed by atoms with van der Waals surface area (Å²) in [4.78, 5) is 12.8. The maximum absolute atomic E-state index is 13.2. The van der Waals surface area contributed by atoms with Gasteiger partial charge in [0, 0.05) is 17.3 Å². The number of thiophene rings is 1. The number of ether oxygens (including phenoxy) is 3. The van der Waals surface area contributed by atoms with Crippen molar-refractivity contribution in [2.24, 2.45) is 0 Å². The minimum absolute atomic E-state index is 0.215. The normalized spacial score (nSPS) is 12.0. The first kappa shape index (κ1) is 16.4. The molecule has 3 aromatic rings. The van der Waals surface area contributed by atoms with Crippen molar-refractivity contribution in [1.29, 1.82) is 0 Å². The van der Waals surface area contributed by atoms with E-state index in [1.807, 2.05) is 5.38 Å². The van der Waals surface area contributed by atoms with Crippen LogP contribution < -0.4 is 19.5 Å². The van der Waals surface area contributed by atoms with Crippen LogP contribution in [-0.2, 0) is 6.61 Å². The molecule has 26 heavy (non-hydrogen) atoms. The van der Waals surface area contributed by atoms with Gasteiger partial charge in [-0.25, -0.2) is 4.39 Å². The lowest BCUT2D eigenvalue weighted by Gasteiger charge is -2.05. The van der Waals surface area contributed by atoms with Gasteiger partial charge in [0.15, 0.2) is 11.5 Å². The van der Waals surface area contributed by atoms with Gasteiger partial charge < -0.3 is 19.5 Å². The van der Waals surface area contributed by atoms with Crippen molar-refractivity contribution in [2.45, 2.75) is 6.61 Å². The van der Waals surface area contributed by atoms with Crippen LogP contribution in [-0.4, -0.2) is 12.7 Å². The topological polar surface area (TPSA) is 56.8 Å². The number of benzene rings is 2. The molecule has 0 aliphatic carbocycles. The number of carbonyl (C=O) groups excluding carboxylic acids is 1. The zero-order chi connectivity index (χ0) is 17.9. The second-order valence-electron chi connectivity index (χ2n) is 5.59. The van der Waals surface area contributed by atoms with Crippen molar-refractivity contribution in [1.82, 2.24) is 0 Å². The maximum Gasteiger partial charge on any atom is 0.265 e. The highest BCUT2D eigenvalue weighted by Gasteiger charge is 2.14. The standard InChI is InChI=1S/C19H14FNO4S/c20-13-2-1-3-14(7-13)21-19(22)18-6-12(10-26-18)9-23-15-4-5-16-17(8-15)25-11-24-16/h1-8,10H,9,11H2,(H,21,22). The summed E-state index contributed by atoms with van der Waals surface area (Å²) in [6, 6.07) is 12.9. The van der Waals surface area contributed by atoms with Crippen LogP contribution in [0.25, 0.3) is 0 Å². The van der Waals surface area contributed by atoms with Crippen LogP contribution in [0.3, 0.4) is 0 Å². The summed E-state index contributed by atoms with van der Waals surface area (Å²) in [5.74, 6) is 1.33. The van der Waals surface area contributed by atoms with E-state index in [-0.39, 0.29) is 12.7 Å². The number of rotatable bonds is 5. The molecule has 132 valence electrons. The van der Waals surface area contributed by atoms with Gasteiger partial charge in [0.05, 0.1) is 4.88 Å². The fourth-order valence-electron chi connectivity index (χ4n) is 2.46. The Morgan fingerprint density at radius 2 is 2.04 bits per heavy atom. The Morgan fingerprint density at radius 1 is 1.15 bits per heavy atom. The monoisotopic (exact) mass is 371 g/mol. The molecule has 0 fully saturated rings. The van der Waals surface area contributed by atoms with E-state index in [4.69, 9.17) is 14.2 Å². The summed E-state index contributed by atoms with van der Waals surface area (Å²) in [7, 11) is 0. The van der Waals surface area contributed by atoms with Crippen LogP contribution in [0.2, 0.25) is 0 Å². The zero-order valence-electron chi connectivity index (χ0n) is 13.5. The maximum atomic E-state index is 13.2. The van der Waals surface area contributed by atoms with Crippen LogP contribution in [0, 0.1) is 5.82 Å². The molecule has 4 rings (SSSR count). The predicted molar refractivity (Wildman–Crippen MR) is 95.6 cm³/mol. The largest absolute Gasteiger partial charge is 0.489 e. The van der Waals surface area contributed by atoms with Gasteiger partial charge in [0.2, 0.25) is 6.79 Å². The smallest absolute Gasteiger partial charge is 0.265 e. The highest BCUT2D eigenvalue weighted by Crippen LogP contribution is 2.35. The summed E-state index contributed by atoms with van der Waals surface area (Å²) in [6.45, 7) is 0.538. The lowest BCUT2D eigenvalue weighted by atomic mass is 10.3. The predicted octanol–water partition coefficient (Wildman–Crippen LogP) is 4.45.